The number of hydrogen-bond donors (Lipinski definition) is 1. The Morgan fingerprint density at radius 1 is 0.500 bits per heavy atom. The summed E-state index contributed by atoms with van der Waals surface area (Å²) in [5, 5.41) is 9.17. The van der Waals surface area contributed by atoms with Crippen LogP contribution >= 0.6 is 0 Å². The molecule has 0 aliphatic rings. The van der Waals surface area contributed by atoms with Crippen LogP contribution in [0.25, 0.3) is 0 Å². The van der Waals surface area contributed by atoms with E-state index in [1.54, 1.807) is 24.3 Å². The van der Waals surface area contributed by atoms with Crippen molar-refractivity contribution >= 4 is 0 Å². The first-order valence-corrected chi connectivity index (χ1v) is 8.67. The van der Waals surface area contributed by atoms with Crippen LogP contribution in [0.15, 0.2) is 54.6 Å². The molecule has 0 aliphatic carbocycles. The second-order valence-electron chi connectivity index (χ2n) is 5.34. The maximum atomic E-state index is 9.17. The summed E-state index contributed by atoms with van der Waals surface area (Å²) in [5.41, 5.74) is 0. The van der Waals surface area contributed by atoms with Crippen LogP contribution in [0.1, 0.15) is 0 Å². The second kappa shape index (κ2) is 13.0. The van der Waals surface area contributed by atoms with E-state index < -0.39 is 0 Å². The van der Waals surface area contributed by atoms with Crippen LogP contribution in [0.4, 0.5) is 0 Å². The predicted octanol–water partition coefficient (Wildman–Crippen LogP) is 2.90. The van der Waals surface area contributed by atoms with Crippen LogP contribution in [0.2, 0.25) is 0 Å². The lowest BCUT2D eigenvalue weighted by Crippen LogP contribution is -2.14. The largest absolute Gasteiger partial charge is 0.508 e. The van der Waals surface area contributed by atoms with Gasteiger partial charge >= 0.3 is 0 Å². The summed E-state index contributed by atoms with van der Waals surface area (Å²) < 4.78 is 27.2. The van der Waals surface area contributed by atoms with E-state index in [-0.39, 0.29) is 5.75 Å². The first-order valence-electron chi connectivity index (χ1n) is 8.67. The van der Waals surface area contributed by atoms with Crippen molar-refractivity contribution < 1.29 is 28.8 Å². The van der Waals surface area contributed by atoms with Gasteiger partial charge in [0.05, 0.1) is 39.6 Å². The van der Waals surface area contributed by atoms with Gasteiger partial charge in [0.1, 0.15) is 30.5 Å². The molecule has 0 radical (unpaired) electrons. The van der Waals surface area contributed by atoms with E-state index in [4.69, 9.17) is 28.8 Å². The lowest BCUT2D eigenvalue weighted by molar-refractivity contribution is 0.00499. The Bertz CT molecular complexity index is 573. The molecule has 2 aromatic carbocycles. The molecule has 0 spiro atoms. The number of hydrogen-bond acceptors (Lipinski definition) is 6. The highest BCUT2D eigenvalue weighted by molar-refractivity contribution is 5.30. The van der Waals surface area contributed by atoms with Gasteiger partial charge in [0.2, 0.25) is 0 Å². The van der Waals surface area contributed by atoms with Crippen LogP contribution < -0.4 is 9.47 Å². The van der Waals surface area contributed by atoms with Crippen LogP contribution in [-0.2, 0) is 14.2 Å². The van der Waals surface area contributed by atoms with Gasteiger partial charge in [0.15, 0.2) is 0 Å². The van der Waals surface area contributed by atoms with E-state index in [1.165, 1.54) is 0 Å². The fraction of sp³-hybridized carbons (Fsp3) is 0.400. The van der Waals surface area contributed by atoms with Gasteiger partial charge in [-0.2, -0.15) is 0 Å². The molecule has 0 unspecified atom stereocenters. The maximum Gasteiger partial charge on any atom is 0.119 e. The summed E-state index contributed by atoms with van der Waals surface area (Å²) in [6.45, 7) is 4.07. The Kier molecular flexibility index (Phi) is 10.0. The number of phenols is 1. The van der Waals surface area contributed by atoms with Crippen LogP contribution in [0, 0.1) is 0 Å². The fourth-order valence-electron chi connectivity index (χ4n) is 2.04. The number of rotatable bonds is 14. The van der Waals surface area contributed by atoms with Crippen molar-refractivity contribution in [2.75, 3.05) is 52.9 Å². The molecule has 0 amide bonds. The third kappa shape index (κ3) is 9.27. The normalized spacial score (nSPS) is 10.6. The van der Waals surface area contributed by atoms with Gasteiger partial charge in [0, 0.05) is 0 Å². The van der Waals surface area contributed by atoms with Crippen molar-refractivity contribution in [1.29, 1.82) is 0 Å². The molecule has 6 heteroatoms. The Labute approximate surface area is 154 Å². The van der Waals surface area contributed by atoms with E-state index in [0.717, 1.165) is 5.75 Å². The molecule has 0 aromatic heterocycles. The van der Waals surface area contributed by atoms with Crippen molar-refractivity contribution in [3.05, 3.63) is 54.6 Å². The Morgan fingerprint density at radius 2 is 0.923 bits per heavy atom. The third-order valence-electron chi connectivity index (χ3n) is 3.32. The molecular weight excluding hydrogens is 336 g/mol. The third-order valence-corrected chi connectivity index (χ3v) is 3.32. The molecule has 2 rings (SSSR count). The number of para-hydroxylation sites is 1. The van der Waals surface area contributed by atoms with Crippen molar-refractivity contribution in [1.82, 2.24) is 0 Å². The first-order chi connectivity index (χ1) is 12.8. The molecule has 0 fully saturated rings. The average molecular weight is 362 g/mol. The zero-order valence-corrected chi connectivity index (χ0v) is 14.8. The van der Waals surface area contributed by atoms with Crippen molar-refractivity contribution in [2.24, 2.45) is 0 Å². The summed E-state index contributed by atoms with van der Waals surface area (Å²) in [5.74, 6) is 1.77. The summed E-state index contributed by atoms with van der Waals surface area (Å²) in [7, 11) is 0. The number of ether oxygens (including phenoxy) is 5. The molecule has 26 heavy (non-hydrogen) atoms. The van der Waals surface area contributed by atoms with Crippen LogP contribution in [0.5, 0.6) is 17.2 Å². The number of benzene rings is 2. The van der Waals surface area contributed by atoms with E-state index >= 15 is 0 Å². The number of aromatic hydroxyl groups is 1. The van der Waals surface area contributed by atoms with Crippen LogP contribution in [-0.4, -0.2) is 58.0 Å². The van der Waals surface area contributed by atoms with E-state index in [9.17, 15) is 0 Å². The van der Waals surface area contributed by atoms with Gasteiger partial charge in [-0.3, -0.25) is 0 Å². The standard InChI is InChI=1S/C20H26O6/c21-18-6-8-20(9-7-18)26-17-15-24-13-11-22-10-12-23-14-16-25-19-4-2-1-3-5-19/h1-9,21H,10-17H2. The molecular formula is C20H26O6. The maximum absolute atomic E-state index is 9.17. The van der Waals surface area contributed by atoms with Gasteiger partial charge in [-0.1, -0.05) is 18.2 Å². The van der Waals surface area contributed by atoms with E-state index in [2.05, 4.69) is 0 Å². The van der Waals surface area contributed by atoms with Gasteiger partial charge in [-0.15, -0.1) is 0 Å². The molecule has 0 saturated carbocycles. The molecule has 1 N–H and O–H groups in total. The molecule has 0 saturated heterocycles. The van der Waals surface area contributed by atoms with Crippen molar-refractivity contribution in [2.45, 2.75) is 0 Å². The smallest absolute Gasteiger partial charge is 0.119 e. The van der Waals surface area contributed by atoms with Crippen molar-refractivity contribution in [3.8, 4) is 17.2 Å². The van der Waals surface area contributed by atoms with Gasteiger partial charge in [0.25, 0.3) is 0 Å². The van der Waals surface area contributed by atoms with Crippen LogP contribution in [0.3, 0.4) is 0 Å². The van der Waals surface area contributed by atoms with Gasteiger partial charge < -0.3 is 28.8 Å². The Morgan fingerprint density at radius 3 is 1.42 bits per heavy atom. The number of phenolic OH excluding ortho intramolecular Hbond substituents is 1. The summed E-state index contributed by atoms with van der Waals surface area (Å²) >= 11 is 0. The average Bonchev–Trinajstić information content (AvgIpc) is 2.68. The second-order valence-corrected chi connectivity index (χ2v) is 5.34. The minimum atomic E-state index is 0.221. The highest BCUT2D eigenvalue weighted by atomic mass is 16.6. The van der Waals surface area contributed by atoms with E-state index in [0.29, 0.717) is 58.6 Å². The predicted molar refractivity (Wildman–Crippen MR) is 98.0 cm³/mol. The highest BCUT2D eigenvalue weighted by Crippen LogP contribution is 2.15. The van der Waals surface area contributed by atoms with Crippen molar-refractivity contribution in [3.63, 3.8) is 0 Å². The molecule has 0 aliphatic heterocycles. The molecule has 6 nitrogen and oxygen atoms in total. The van der Waals surface area contributed by atoms with Gasteiger partial charge in [-0.05, 0) is 36.4 Å². The fourth-order valence-corrected chi connectivity index (χ4v) is 2.04. The zero-order chi connectivity index (χ0) is 18.3. The zero-order valence-electron chi connectivity index (χ0n) is 14.8. The lowest BCUT2D eigenvalue weighted by atomic mass is 10.3. The minimum absolute atomic E-state index is 0.221. The Hall–Kier alpha value is -2.28. The first kappa shape index (κ1) is 20.0. The lowest BCUT2D eigenvalue weighted by Gasteiger charge is -2.09. The van der Waals surface area contributed by atoms with E-state index in [1.807, 2.05) is 30.3 Å². The Balaban J connectivity index is 1.31. The monoisotopic (exact) mass is 362 g/mol. The molecule has 0 bridgehead atoms. The topological polar surface area (TPSA) is 66.4 Å². The molecule has 2 aromatic rings. The summed E-state index contributed by atoms with van der Waals surface area (Å²) in [6, 6.07) is 16.2. The SMILES string of the molecule is Oc1ccc(OCCOCCOCCOCCOc2ccccc2)cc1. The summed E-state index contributed by atoms with van der Waals surface area (Å²) in [6.07, 6.45) is 0. The van der Waals surface area contributed by atoms with Gasteiger partial charge in [-0.25, -0.2) is 0 Å². The highest BCUT2D eigenvalue weighted by Gasteiger charge is 1.96. The molecule has 142 valence electrons. The summed E-state index contributed by atoms with van der Waals surface area (Å²) in [4.78, 5) is 0. The quantitative estimate of drug-likeness (QED) is 0.521. The minimum Gasteiger partial charge on any atom is -0.508 e. The molecule has 0 atom stereocenters. The molecule has 0 heterocycles.